The standard InChI is InChI=1S/C20H19Cl2N3O3S/c1-13-11-15(22)6-9-17(13)27-10-2-3-18(26)23-20-25-24-19(29-20)12-28-16-7-4-14(21)5-8-16/h4-9,11H,2-3,10,12H2,1H3,(H,23,25,26). The molecule has 3 rings (SSSR count). The molecule has 6 nitrogen and oxygen atoms in total. The largest absolute Gasteiger partial charge is 0.493 e. The first-order valence-electron chi connectivity index (χ1n) is 8.89. The topological polar surface area (TPSA) is 73.3 Å². The predicted octanol–water partition coefficient (Wildman–Crippen LogP) is 5.53. The molecule has 3 aromatic rings. The molecule has 0 saturated carbocycles. The van der Waals surface area contributed by atoms with Gasteiger partial charge in [0, 0.05) is 16.5 Å². The van der Waals surface area contributed by atoms with Crippen LogP contribution in [0.5, 0.6) is 11.5 Å². The summed E-state index contributed by atoms with van der Waals surface area (Å²) in [4.78, 5) is 12.1. The van der Waals surface area contributed by atoms with Crippen LogP contribution in [0.1, 0.15) is 23.4 Å². The van der Waals surface area contributed by atoms with Gasteiger partial charge in [-0.15, -0.1) is 10.2 Å². The van der Waals surface area contributed by atoms with Gasteiger partial charge in [0.1, 0.15) is 18.1 Å². The van der Waals surface area contributed by atoms with Crippen LogP contribution in [0.2, 0.25) is 10.0 Å². The summed E-state index contributed by atoms with van der Waals surface area (Å²) in [6.45, 7) is 2.63. The van der Waals surface area contributed by atoms with Gasteiger partial charge in [-0.1, -0.05) is 34.5 Å². The van der Waals surface area contributed by atoms with E-state index in [9.17, 15) is 4.79 Å². The minimum atomic E-state index is -0.136. The van der Waals surface area contributed by atoms with Crippen LogP contribution in [0.3, 0.4) is 0 Å². The third-order valence-electron chi connectivity index (χ3n) is 3.83. The van der Waals surface area contributed by atoms with E-state index in [1.54, 1.807) is 30.3 Å². The zero-order chi connectivity index (χ0) is 20.6. The average Bonchev–Trinajstić information content (AvgIpc) is 3.13. The number of nitrogens with zero attached hydrogens (tertiary/aromatic N) is 2. The molecule has 0 atom stereocenters. The van der Waals surface area contributed by atoms with E-state index in [1.165, 1.54) is 11.3 Å². The Kier molecular flexibility index (Phi) is 7.69. The van der Waals surface area contributed by atoms with Gasteiger partial charge in [-0.25, -0.2) is 0 Å². The summed E-state index contributed by atoms with van der Waals surface area (Å²) in [5.41, 5.74) is 0.962. The first kappa shape index (κ1) is 21.4. The van der Waals surface area contributed by atoms with Gasteiger partial charge >= 0.3 is 0 Å². The van der Waals surface area contributed by atoms with Crippen molar-refractivity contribution in [3.05, 3.63) is 63.1 Å². The van der Waals surface area contributed by atoms with Gasteiger partial charge in [0.2, 0.25) is 11.0 Å². The van der Waals surface area contributed by atoms with Crippen molar-refractivity contribution in [1.29, 1.82) is 0 Å². The quantitative estimate of drug-likeness (QED) is 0.432. The van der Waals surface area contributed by atoms with E-state index in [2.05, 4.69) is 15.5 Å². The minimum absolute atomic E-state index is 0.136. The highest BCUT2D eigenvalue weighted by molar-refractivity contribution is 7.15. The molecule has 1 aromatic heterocycles. The number of nitrogens with one attached hydrogen (secondary N) is 1. The first-order valence-corrected chi connectivity index (χ1v) is 10.5. The van der Waals surface area contributed by atoms with E-state index in [0.29, 0.717) is 45.4 Å². The molecule has 0 aliphatic rings. The normalized spacial score (nSPS) is 10.6. The molecule has 0 bridgehead atoms. The van der Waals surface area contributed by atoms with Gasteiger partial charge in [0.25, 0.3) is 0 Å². The second kappa shape index (κ2) is 10.4. The molecule has 29 heavy (non-hydrogen) atoms. The van der Waals surface area contributed by atoms with E-state index in [4.69, 9.17) is 32.7 Å². The Balaban J connectivity index is 1.37. The zero-order valence-electron chi connectivity index (χ0n) is 15.7. The zero-order valence-corrected chi connectivity index (χ0v) is 18.0. The molecule has 1 N–H and O–H groups in total. The number of rotatable bonds is 9. The molecule has 9 heteroatoms. The minimum Gasteiger partial charge on any atom is -0.493 e. The van der Waals surface area contributed by atoms with Crippen molar-refractivity contribution in [2.75, 3.05) is 11.9 Å². The molecule has 1 heterocycles. The number of benzene rings is 2. The lowest BCUT2D eigenvalue weighted by Crippen LogP contribution is -2.12. The maximum absolute atomic E-state index is 12.1. The summed E-state index contributed by atoms with van der Waals surface area (Å²) in [5, 5.41) is 13.2. The number of anilines is 1. The maximum atomic E-state index is 12.1. The number of carbonyl (C=O) groups excluding carboxylic acids is 1. The molecule has 152 valence electrons. The average molecular weight is 452 g/mol. The van der Waals surface area contributed by atoms with Crippen molar-refractivity contribution in [2.24, 2.45) is 0 Å². The first-order chi connectivity index (χ1) is 14.0. The summed E-state index contributed by atoms with van der Waals surface area (Å²) in [6.07, 6.45) is 0.905. The van der Waals surface area contributed by atoms with Crippen LogP contribution < -0.4 is 14.8 Å². The fourth-order valence-electron chi connectivity index (χ4n) is 2.41. The molecule has 0 spiro atoms. The SMILES string of the molecule is Cc1cc(Cl)ccc1OCCCC(=O)Nc1nnc(COc2ccc(Cl)cc2)s1. The van der Waals surface area contributed by atoms with Crippen LogP contribution in [-0.2, 0) is 11.4 Å². The third kappa shape index (κ3) is 6.88. The number of carbonyl (C=O) groups is 1. The summed E-state index contributed by atoms with van der Waals surface area (Å²) in [7, 11) is 0. The molecule has 1 amide bonds. The van der Waals surface area contributed by atoms with Crippen LogP contribution >= 0.6 is 34.5 Å². The summed E-state index contributed by atoms with van der Waals surface area (Å²) in [5.74, 6) is 1.32. The Bertz CT molecular complexity index is 964. The molecule has 0 saturated heterocycles. The van der Waals surface area contributed by atoms with E-state index in [0.717, 1.165) is 11.3 Å². The maximum Gasteiger partial charge on any atom is 0.226 e. The van der Waals surface area contributed by atoms with Gasteiger partial charge in [0.05, 0.1) is 6.61 Å². The lowest BCUT2D eigenvalue weighted by atomic mass is 10.2. The highest BCUT2D eigenvalue weighted by atomic mass is 35.5. The second-order valence-electron chi connectivity index (χ2n) is 6.15. The summed E-state index contributed by atoms with van der Waals surface area (Å²) in [6, 6.07) is 12.5. The van der Waals surface area contributed by atoms with Crippen molar-refractivity contribution < 1.29 is 14.3 Å². The van der Waals surface area contributed by atoms with Crippen LogP contribution in [0, 0.1) is 6.92 Å². The monoisotopic (exact) mass is 451 g/mol. The molecular formula is C20H19Cl2N3O3S. The van der Waals surface area contributed by atoms with Gasteiger partial charge < -0.3 is 14.8 Å². The Morgan fingerprint density at radius 3 is 2.59 bits per heavy atom. The third-order valence-corrected chi connectivity index (χ3v) is 5.13. The lowest BCUT2D eigenvalue weighted by Gasteiger charge is -2.09. The van der Waals surface area contributed by atoms with Crippen LogP contribution in [0.15, 0.2) is 42.5 Å². The van der Waals surface area contributed by atoms with Crippen LogP contribution in [-0.4, -0.2) is 22.7 Å². The van der Waals surface area contributed by atoms with Gasteiger partial charge in [0.15, 0.2) is 5.01 Å². The number of hydrogen-bond acceptors (Lipinski definition) is 6. The number of aryl methyl sites for hydroxylation is 1. The lowest BCUT2D eigenvalue weighted by molar-refractivity contribution is -0.116. The van der Waals surface area contributed by atoms with E-state index in [-0.39, 0.29) is 12.5 Å². The van der Waals surface area contributed by atoms with Crippen molar-refractivity contribution in [1.82, 2.24) is 10.2 Å². The van der Waals surface area contributed by atoms with Gasteiger partial charge in [-0.3, -0.25) is 4.79 Å². The smallest absolute Gasteiger partial charge is 0.226 e. The van der Waals surface area contributed by atoms with E-state index < -0.39 is 0 Å². The summed E-state index contributed by atoms with van der Waals surface area (Å²) < 4.78 is 11.3. The fourth-order valence-corrected chi connectivity index (χ4v) is 3.43. The second-order valence-corrected chi connectivity index (χ2v) is 8.09. The number of hydrogen-bond donors (Lipinski definition) is 1. The molecule has 0 radical (unpaired) electrons. The van der Waals surface area contributed by atoms with Crippen molar-refractivity contribution >= 4 is 45.6 Å². The molecule has 0 aliphatic carbocycles. The molecule has 2 aromatic carbocycles. The van der Waals surface area contributed by atoms with Crippen molar-refractivity contribution in [3.8, 4) is 11.5 Å². The van der Waals surface area contributed by atoms with E-state index in [1.807, 2.05) is 19.1 Å². The summed E-state index contributed by atoms with van der Waals surface area (Å²) >= 11 is 13.0. The van der Waals surface area contributed by atoms with Gasteiger partial charge in [-0.05, 0) is 61.4 Å². The van der Waals surface area contributed by atoms with Crippen LogP contribution in [0.4, 0.5) is 5.13 Å². The van der Waals surface area contributed by atoms with E-state index >= 15 is 0 Å². The van der Waals surface area contributed by atoms with Crippen molar-refractivity contribution in [3.63, 3.8) is 0 Å². The highest BCUT2D eigenvalue weighted by Gasteiger charge is 2.09. The Morgan fingerprint density at radius 1 is 1.07 bits per heavy atom. The molecule has 0 fully saturated rings. The Morgan fingerprint density at radius 2 is 1.83 bits per heavy atom. The van der Waals surface area contributed by atoms with Crippen molar-refractivity contribution in [2.45, 2.75) is 26.4 Å². The Hall–Kier alpha value is -2.35. The van der Waals surface area contributed by atoms with Gasteiger partial charge in [-0.2, -0.15) is 0 Å². The number of halogens is 2. The Labute approximate surface area is 182 Å². The fraction of sp³-hybridized carbons (Fsp3) is 0.250. The number of aromatic nitrogens is 2. The molecular weight excluding hydrogens is 433 g/mol. The number of amides is 1. The predicted molar refractivity (Wildman–Crippen MR) is 115 cm³/mol. The highest BCUT2D eigenvalue weighted by Crippen LogP contribution is 2.22. The molecule has 0 aliphatic heterocycles. The molecule has 0 unspecified atom stereocenters. The van der Waals surface area contributed by atoms with Crippen LogP contribution in [0.25, 0.3) is 0 Å². The number of ether oxygens (including phenoxy) is 2.